The van der Waals surface area contributed by atoms with Crippen molar-refractivity contribution in [2.24, 2.45) is 5.92 Å². The SMILES string of the molecule is COCCn1cc(CCC(=O)N2C[C@@H]3C[C@H](C2)c2ccc([N+](=O)[O-])c(=O)n2C3)c2ccccc21. The van der Waals surface area contributed by atoms with Gasteiger partial charge in [0.1, 0.15) is 0 Å². The maximum absolute atomic E-state index is 13.2. The van der Waals surface area contributed by atoms with E-state index in [4.69, 9.17) is 4.74 Å². The summed E-state index contributed by atoms with van der Waals surface area (Å²) >= 11 is 0. The number of ether oxygens (including phenoxy) is 1. The molecule has 0 saturated carbocycles. The molecule has 2 aliphatic rings. The Kier molecular flexibility index (Phi) is 5.95. The van der Waals surface area contributed by atoms with E-state index in [1.54, 1.807) is 17.7 Å². The second kappa shape index (κ2) is 9.06. The van der Waals surface area contributed by atoms with Crippen LogP contribution in [0.5, 0.6) is 0 Å². The molecule has 178 valence electrons. The number of piperidine rings is 1. The highest BCUT2D eigenvalue weighted by Gasteiger charge is 2.37. The minimum atomic E-state index is -0.623. The predicted octanol–water partition coefficient (Wildman–Crippen LogP) is 2.94. The molecule has 9 nitrogen and oxygen atoms in total. The van der Waals surface area contributed by atoms with Gasteiger partial charge in [-0.15, -0.1) is 0 Å². The first-order chi connectivity index (χ1) is 16.5. The highest BCUT2D eigenvalue weighted by molar-refractivity contribution is 5.85. The number of methoxy groups -OCH3 is 1. The average molecular weight is 465 g/mol. The van der Waals surface area contributed by atoms with Gasteiger partial charge >= 0.3 is 11.2 Å². The van der Waals surface area contributed by atoms with Crippen molar-refractivity contribution >= 4 is 22.5 Å². The number of carbonyl (C=O) groups is 1. The molecule has 0 unspecified atom stereocenters. The number of hydrogen-bond acceptors (Lipinski definition) is 5. The number of nitro groups is 1. The summed E-state index contributed by atoms with van der Waals surface area (Å²) in [5.74, 6) is 0.271. The molecule has 0 radical (unpaired) electrons. The fourth-order valence-corrected chi connectivity index (χ4v) is 5.57. The molecular formula is C25H28N4O5. The highest BCUT2D eigenvalue weighted by atomic mass is 16.6. The van der Waals surface area contributed by atoms with E-state index < -0.39 is 10.5 Å². The molecule has 2 bridgehead atoms. The molecule has 3 aromatic rings. The number of hydrogen-bond donors (Lipinski definition) is 0. The Morgan fingerprint density at radius 1 is 1.18 bits per heavy atom. The number of benzene rings is 1. The van der Waals surface area contributed by atoms with Crippen molar-refractivity contribution in [3.63, 3.8) is 0 Å². The number of rotatable bonds is 7. The average Bonchev–Trinajstić information content (AvgIpc) is 3.19. The third-order valence-electron chi connectivity index (χ3n) is 7.15. The summed E-state index contributed by atoms with van der Waals surface area (Å²) < 4.78 is 8.96. The van der Waals surface area contributed by atoms with E-state index in [1.807, 2.05) is 17.0 Å². The summed E-state index contributed by atoms with van der Waals surface area (Å²) in [4.78, 5) is 38.2. The summed E-state index contributed by atoms with van der Waals surface area (Å²) in [6, 6.07) is 11.2. The lowest BCUT2D eigenvalue weighted by Crippen LogP contribution is -2.49. The maximum Gasteiger partial charge on any atom is 0.334 e. The van der Waals surface area contributed by atoms with Crippen molar-refractivity contribution in [3.05, 3.63) is 74.3 Å². The maximum atomic E-state index is 13.2. The highest BCUT2D eigenvalue weighted by Crippen LogP contribution is 2.36. The summed E-state index contributed by atoms with van der Waals surface area (Å²) in [6.45, 7) is 2.93. The third kappa shape index (κ3) is 4.00. The second-order valence-electron chi connectivity index (χ2n) is 9.27. The summed E-state index contributed by atoms with van der Waals surface area (Å²) in [5, 5.41) is 12.3. The van der Waals surface area contributed by atoms with E-state index in [0.29, 0.717) is 39.1 Å². The van der Waals surface area contributed by atoms with Crippen LogP contribution >= 0.6 is 0 Å². The molecule has 0 N–H and O–H groups in total. The van der Waals surface area contributed by atoms with E-state index in [-0.39, 0.29) is 23.4 Å². The first-order valence-electron chi connectivity index (χ1n) is 11.7. The lowest BCUT2D eigenvalue weighted by molar-refractivity contribution is -0.386. The Labute approximate surface area is 196 Å². The molecule has 4 heterocycles. The first-order valence-corrected chi connectivity index (χ1v) is 11.7. The normalized spacial score (nSPS) is 19.3. The number of pyridine rings is 1. The molecule has 1 aromatic carbocycles. The lowest BCUT2D eigenvalue weighted by atomic mass is 9.83. The van der Waals surface area contributed by atoms with Crippen LogP contribution in [-0.2, 0) is 29.0 Å². The van der Waals surface area contributed by atoms with Gasteiger partial charge in [0, 0.05) is 74.5 Å². The van der Waals surface area contributed by atoms with Crippen molar-refractivity contribution in [2.45, 2.75) is 38.3 Å². The van der Waals surface area contributed by atoms with Gasteiger partial charge in [-0.2, -0.15) is 0 Å². The van der Waals surface area contributed by atoms with Gasteiger partial charge in [-0.25, -0.2) is 0 Å². The number of nitrogens with zero attached hydrogens (tertiary/aromatic N) is 4. The van der Waals surface area contributed by atoms with Gasteiger partial charge < -0.3 is 18.8 Å². The molecule has 2 aliphatic heterocycles. The van der Waals surface area contributed by atoms with Crippen molar-refractivity contribution < 1.29 is 14.5 Å². The van der Waals surface area contributed by atoms with E-state index in [9.17, 15) is 19.7 Å². The summed E-state index contributed by atoms with van der Waals surface area (Å²) in [7, 11) is 1.69. The quantitative estimate of drug-likeness (QED) is 0.395. The van der Waals surface area contributed by atoms with Crippen molar-refractivity contribution in [1.29, 1.82) is 0 Å². The largest absolute Gasteiger partial charge is 0.383 e. The number of aryl methyl sites for hydroxylation is 1. The number of amides is 1. The van der Waals surface area contributed by atoms with Crippen LogP contribution in [-0.4, -0.2) is 51.7 Å². The fourth-order valence-electron chi connectivity index (χ4n) is 5.57. The minimum absolute atomic E-state index is 0.0286. The van der Waals surface area contributed by atoms with Gasteiger partial charge in [-0.05, 0) is 36.5 Å². The molecule has 9 heteroatoms. The Morgan fingerprint density at radius 3 is 2.79 bits per heavy atom. The molecule has 0 spiro atoms. The topological polar surface area (TPSA) is 99.6 Å². The molecule has 34 heavy (non-hydrogen) atoms. The van der Waals surface area contributed by atoms with E-state index in [2.05, 4.69) is 22.9 Å². The zero-order chi connectivity index (χ0) is 23.8. The van der Waals surface area contributed by atoms with Crippen LogP contribution in [0.1, 0.15) is 30.0 Å². The molecular weight excluding hydrogens is 436 g/mol. The molecule has 1 fully saturated rings. The standard InChI is InChI=1S/C25H28N4O5/c1-34-11-10-26-15-18(20-4-2-3-5-22(20)26)6-9-24(30)27-13-17-12-19(16-27)21-7-8-23(29(32)33)25(31)28(21)14-17/h2-5,7-8,15,17,19H,6,9-14,16H2,1H3/t17-,19+/m0/s1. The van der Waals surface area contributed by atoms with Gasteiger partial charge in [-0.1, -0.05) is 18.2 Å². The first kappa shape index (κ1) is 22.3. The number of para-hydroxylation sites is 1. The zero-order valence-corrected chi connectivity index (χ0v) is 19.2. The van der Waals surface area contributed by atoms with Crippen LogP contribution in [0, 0.1) is 16.0 Å². The van der Waals surface area contributed by atoms with E-state index in [0.717, 1.165) is 35.1 Å². The Bertz CT molecular complexity index is 1310. The smallest absolute Gasteiger partial charge is 0.334 e. The predicted molar refractivity (Wildman–Crippen MR) is 127 cm³/mol. The molecule has 2 atom stereocenters. The van der Waals surface area contributed by atoms with Gasteiger partial charge in [0.15, 0.2) is 0 Å². The van der Waals surface area contributed by atoms with Gasteiger partial charge in [0.05, 0.1) is 11.5 Å². The van der Waals surface area contributed by atoms with Gasteiger partial charge in [0.25, 0.3) is 0 Å². The summed E-state index contributed by atoms with van der Waals surface area (Å²) in [5.41, 5.74) is 2.17. The minimum Gasteiger partial charge on any atom is -0.383 e. The second-order valence-corrected chi connectivity index (χ2v) is 9.27. The van der Waals surface area contributed by atoms with Crippen molar-refractivity contribution in [3.8, 4) is 0 Å². The van der Waals surface area contributed by atoms with Crippen LogP contribution in [0.3, 0.4) is 0 Å². The molecule has 1 amide bonds. The van der Waals surface area contributed by atoms with Crippen LogP contribution in [0.4, 0.5) is 5.69 Å². The van der Waals surface area contributed by atoms with Crippen LogP contribution in [0.15, 0.2) is 47.4 Å². The zero-order valence-electron chi connectivity index (χ0n) is 19.2. The monoisotopic (exact) mass is 464 g/mol. The lowest BCUT2D eigenvalue weighted by Gasteiger charge is -2.42. The Balaban J connectivity index is 1.30. The number of fused-ring (bicyclic) bond motifs is 5. The number of likely N-dealkylation sites (tertiary alicyclic amines) is 1. The number of carbonyl (C=O) groups excluding carboxylic acids is 1. The Hall–Kier alpha value is -3.46. The van der Waals surface area contributed by atoms with Crippen LogP contribution in [0.25, 0.3) is 10.9 Å². The van der Waals surface area contributed by atoms with Crippen molar-refractivity contribution in [1.82, 2.24) is 14.0 Å². The van der Waals surface area contributed by atoms with E-state index >= 15 is 0 Å². The van der Waals surface area contributed by atoms with E-state index in [1.165, 1.54) is 6.07 Å². The van der Waals surface area contributed by atoms with Gasteiger partial charge in [-0.3, -0.25) is 19.7 Å². The molecule has 2 aromatic heterocycles. The fraction of sp³-hybridized carbons (Fsp3) is 0.440. The molecule has 0 aliphatic carbocycles. The number of aromatic nitrogens is 2. The molecule has 1 saturated heterocycles. The molecule has 5 rings (SSSR count). The summed E-state index contributed by atoms with van der Waals surface area (Å²) in [6.07, 6.45) is 4.10. The third-order valence-corrected chi connectivity index (χ3v) is 7.15. The van der Waals surface area contributed by atoms with Gasteiger partial charge in [0.2, 0.25) is 5.91 Å². The van der Waals surface area contributed by atoms with Crippen LogP contribution < -0.4 is 5.56 Å². The van der Waals surface area contributed by atoms with Crippen LogP contribution in [0.2, 0.25) is 0 Å². The Morgan fingerprint density at radius 2 is 2.00 bits per heavy atom. The van der Waals surface area contributed by atoms with Crippen molar-refractivity contribution in [2.75, 3.05) is 26.8 Å².